The molecular formula is C25H31N3O3. The quantitative estimate of drug-likeness (QED) is 0.518. The van der Waals surface area contributed by atoms with Crippen molar-refractivity contribution in [1.82, 2.24) is 15.0 Å². The molecule has 0 amide bonds. The highest BCUT2D eigenvalue weighted by molar-refractivity contribution is 5.63. The Labute approximate surface area is 184 Å². The van der Waals surface area contributed by atoms with E-state index in [4.69, 9.17) is 14.0 Å². The summed E-state index contributed by atoms with van der Waals surface area (Å²) >= 11 is 0. The smallest absolute Gasteiger partial charge is 0.161 e. The van der Waals surface area contributed by atoms with Gasteiger partial charge in [-0.25, -0.2) is 0 Å². The fraction of sp³-hybridized carbons (Fsp3) is 0.400. The molecule has 0 spiro atoms. The lowest BCUT2D eigenvalue weighted by Gasteiger charge is -2.34. The lowest BCUT2D eigenvalue weighted by molar-refractivity contribution is 0.126. The SMILES string of the molecule is COc1ccc(-c2cc(CCCN3CCN(Cc4ccccc4)CC3)on2)cc1OC. The van der Waals surface area contributed by atoms with Gasteiger partial charge in [0.05, 0.1) is 14.2 Å². The van der Waals surface area contributed by atoms with Crippen molar-refractivity contribution in [1.29, 1.82) is 0 Å². The molecule has 2 aromatic carbocycles. The average molecular weight is 422 g/mol. The highest BCUT2D eigenvalue weighted by atomic mass is 16.5. The number of methoxy groups -OCH3 is 2. The van der Waals surface area contributed by atoms with Gasteiger partial charge in [-0.15, -0.1) is 0 Å². The Balaban J connectivity index is 1.22. The number of benzene rings is 2. The average Bonchev–Trinajstić information content (AvgIpc) is 3.29. The van der Waals surface area contributed by atoms with Gasteiger partial charge in [-0.05, 0) is 36.7 Å². The van der Waals surface area contributed by atoms with Crippen molar-refractivity contribution >= 4 is 0 Å². The minimum Gasteiger partial charge on any atom is -0.493 e. The molecule has 1 aliphatic heterocycles. The summed E-state index contributed by atoms with van der Waals surface area (Å²) in [5, 5.41) is 4.24. The number of aryl methyl sites for hydroxylation is 1. The molecule has 1 saturated heterocycles. The van der Waals surface area contributed by atoms with E-state index in [1.165, 1.54) is 5.56 Å². The Morgan fingerprint density at radius 2 is 1.61 bits per heavy atom. The van der Waals surface area contributed by atoms with E-state index in [1.807, 2.05) is 24.3 Å². The first kappa shape index (κ1) is 21.4. The van der Waals surface area contributed by atoms with Crippen molar-refractivity contribution in [2.75, 3.05) is 46.9 Å². The second-order valence-corrected chi connectivity index (χ2v) is 7.96. The third kappa shape index (κ3) is 5.66. The molecule has 0 bridgehead atoms. The molecule has 0 N–H and O–H groups in total. The van der Waals surface area contributed by atoms with Crippen LogP contribution < -0.4 is 9.47 Å². The maximum absolute atomic E-state index is 5.57. The summed E-state index contributed by atoms with van der Waals surface area (Å²) < 4.78 is 16.3. The lowest BCUT2D eigenvalue weighted by atomic mass is 10.1. The van der Waals surface area contributed by atoms with Gasteiger partial charge in [-0.1, -0.05) is 35.5 Å². The van der Waals surface area contributed by atoms with Crippen LogP contribution in [0, 0.1) is 0 Å². The van der Waals surface area contributed by atoms with Gasteiger partial charge in [-0.2, -0.15) is 0 Å². The molecule has 3 aromatic rings. The van der Waals surface area contributed by atoms with Crippen molar-refractivity contribution < 1.29 is 14.0 Å². The van der Waals surface area contributed by atoms with Crippen LogP contribution in [0.4, 0.5) is 0 Å². The largest absolute Gasteiger partial charge is 0.493 e. The third-order valence-corrected chi connectivity index (χ3v) is 5.85. The monoisotopic (exact) mass is 421 g/mol. The fourth-order valence-electron chi connectivity index (χ4n) is 4.05. The highest BCUT2D eigenvalue weighted by Gasteiger charge is 2.17. The first-order valence-corrected chi connectivity index (χ1v) is 10.9. The van der Waals surface area contributed by atoms with E-state index < -0.39 is 0 Å². The van der Waals surface area contributed by atoms with Gasteiger partial charge in [0.25, 0.3) is 0 Å². The van der Waals surface area contributed by atoms with Crippen LogP contribution in [-0.2, 0) is 13.0 Å². The van der Waals surface area contributed by atoms with Gasteiger partial charge < -0.3 is 18.9 Å². The fourth-order valence-corrected chi connectivity index (χ4v) is 4.05. The number of hydrogen-bond acceptors (Lipinski definition) is 6. The molecule has 1 aromatic heterocycles. The standard InChI is InChI=1S/C25H31N3O3/c1-29-24-11-10-21(17-25(24)30-2)23-18-22(31-26-23)9-6-12-27-13-15-28(16-14-27)19-20-7-4-3-5-8-20/h3-5,7-8,10-11,17-18H,6,9,12-16,19H2,1-2H3. The molecule has 6 nitrogen and oxygen atoms in total. The van der Waals surface area contributed by atoms with Crippen LogP contribution >= 0.6 is 0 Å². The molecule has 2 heterocycles. The molecule has 1 fully saturated rings. The Hall–Kier alpha value is -2.83. The third-order valence-electron chi connectivity index (χ3n) is 5.85. The predicted octanol–water partition coefficient (Wildman–Crippen LogP) is 4.11. The predicted molar refractivity (Wildman–Crippen MR) is 122 cm³/mol. The van der Waals surface area contributed by atoms with Crippen molar-refractivity contribution in [2.45, 2.75) is 19.4 Å². The van der Waals surface area contributed by atoms with E-state index in [0.717, 1.165) is 69.1 Å². The number of piperazine rings is 1. The summed E-state index contributed by atoms with van der Waals surface area (Å²) in [4.78, 5) is 5.09. The minimum atomic E-state index is 0.691. The van der Waals surface area contributed by atoms with E-state index in [-0.39, 0.29) is 0 Å². The normalized spacial score (nSPS) is 15.2. The summed E-state index contributed by atoms with van der Waals surface area (Å²) in [6.45, 7) is 6.64. The maximum atomic E-state index is 5.57. The molecular weight excluding hydrogens is 390 g/mol. The van der Waals surface area contributed by atoms with Gasteiger partial charge >= 0.3 is 0 Å². The zero-order valence-electron chi connectivity index (χ0n) is 18.4. The van der Waals surface area contributed by atoms with E-state index in [0.29, 0.717) is 11.5 Å². The molecule has 31 heavy (non-hydrogen) atoms. The van der Waals surface area contributed by atoms with Crippen molar-refractivity contribution in [2.24, 2.45) is 0 Å². The van der Waals surface area contributed by atoms with Crippen LogP contribution in [0.15, 0.2) is 59.1 Å². The summed E-state index contributed by atoms with van der Waals surface area (Å²) in [6, 6.07) is 18.5. The molecule has 0 aliphatic carbocycles. The second kappa shape index (κ2) is 10.5. The molecule has 1 aliphatic rings. The molecule has 4 rings (SSSR count). The Bertz CT molecular complexity index is 950. The number of aromatic nitrogens is 1. The lowest BCUT2D eigenvalue weighted by Crippen LogP contribution is -2.46. The van der Waals surface area contributed by atoms with E-state index in [9.17, 15) is 0 Å². The molecule has 0 saturated carbocycles. The van der Waals surface area contributed by atoms with Crippen LogP contribution in [0.25, 0.3) is 11.3 Å². The van der Waals surface area contributed by atoms with Gasteiger partial charge in [0, 0.05) is 50.8 Å². The zero-order chi connectivity index (χ0) is 21.5. The Kier molecular flexibility index (Phi) is 7.22. The molecule has 164 valence electrons. The van der Waals surface area contributed by atoms with E-state index in [2.05, 4.69) is 45.3 Å². The van der Waals surface area contributed by atoms with Gasteiger partial charge in [0.2, 0.25) is 0 Å². The van der Waals surface area contributed by atoms with Crippen LogP contribution in [0.1, 0.15) is 17.7 Å². The zero-order valence-corrected chi connectivity index (χ0v) is 18.4. The summed E-state index contributed by atoms with van der Waals surface area (Å²) in [7, 11) is 3.27. The molecule has 0 radical (unpaired) electrons. The first-order valence-electron chi connectivity index (χ1n) is 10.9. The number of hydrogen-bond donors (Lipinski definition) is 0. The van der Waals surface area contributed by atoms with Crippen LogP contribution in [-0.4, -0.2) is 61.9 Å². The van der Waals surface area contributed by atoms with Gasteiger partial charge in [-0.3, -0.25) is 4.90 Å². The van der Waals surface area contributed by atoms with E-state index >= 15 is 0 Å². The topological polar surface area (TPSA) is 51.0 Å². The van der Waals surface area contributed by atoms with Gasteiger partial charge in [0.1, 0.15) is 11.5 Å². The molecule has 0 unspecified atom stereocenters. The Morgan fingerprint density at radius 3 is 2.35 bits per heavy atom. The van der Waals surface area contributed by atoms with Crippen LogP contribution in [0.3, 0.4) is 0 Å². The molecule has 0 atom stereocenters. The van der Waals surface area contributed by atoms with E-state index in [1.54, 1.807) is 14.2 Å². The minimum absolute atomic E-state index is 0.691. The number of rotatable bonds is 9. The number of nitrogens with zero attached hydrogens (tertiary/aromatic N) is 3. The van der Waals surface area contributed by atoms with Crippen molar-refractivity contribution in [3.8, 4) is 22.8 Å². The Morgan fingerprint density at radius 1 is 0.871 bits per heavy atom. The van der Waals surface area contributed by atoms with Crippen molar-refractivity contribution in [3.63, 3.8) is 0 Å². The second-order valence-electron chi connectivity index (χ2n) is 7.96. The highest BCUT2D eigenvalue weighted by Crippen LogP contribution is 2.32. The summed E-state index contributed by atoms with van der Waals surface area (Å²) in [6.07, 6.45) is 1.96. The maximum Gasteiger partial charge on any atom is 0.161 e. The first-order chi connectivity index (χ1) is 15.2. The molecule has 6 heteroatoms. The van der Waals surface area contributed by atoms with Crippen LogP contribution in [0.5, 0.6) is 11.5 Å². The number of ether oxygens (including phenoxy) is 2. The van der Waals surface area contributed by atoms with Crippen LogP contribution in [0.2, 0.25) is 0 Å². The van der Waals surface area contributed by atoms with Gasteiger partial charge in [0.15, 0.2) is 11.5 Å². The van der Waals surface area contributed by atoms with Crippen molar-refractivity contribution in [3.05, 3.63) is 65.9 Å². The summed E-state index contributed by atoms with van der Waals surface area (Å²) in [5.41, 5.74) is 3.18. The summed E-state index contributed by atoms with van der Waals surface area (Å²) in [5.74, 6) is 2.32.